The van der Waals surface area contributed by atoms with Crippen LogP contribution >= 0.6 is 0 Å². The van der Waals surface area contributed by atoms with Gasteiger partial charge in [0.15, 0.2) is 0 Å². The molecule has 1 aliphatic heterocycles. The molecule has 2 rings (SSSR count). The Balaban J connectivity index is 1.88. The normalized spacial score (nSPS) is 24.1. The number of likely N-dealkylation sites (tertiary alicyclic amines) is 1. The van der Waals surface area contributed by atoms with E-state index in [9.17, 15) is 4.79 Å². The fraction of sp³-hybridized carbons (Fsp3) is 0.917. The van der Waals surface area contributed by atoms with Gasteiger partial charge in [0.25, 0.3) is 0 Å². The van der Waals surface area contributed by atoms with E-state index in [2.05, 4.69) is 16.8 Å². The second-order valence-electron chi connectivity index (χ2n) is 5.15. The van der Waals surface area contributed by atoms with Crippen LogP contribution in [0, 0.1) is 5.92 Å². The van der Waals surface area contributed by atoms with Crippen molar-refractivity contribution in [3.63, 3.8) is 0 Å². The van der Waals surface area contributed by atoms with Gasteiger partial charge in [-0.25, -0.2) is 0 Å². The van der Waals surface area contributed by atoms with Gasteiger partial charge in [0.2, 0.25) is 5.91 Å². The van der Waals surface area contributed by atoms with Crippen LogP contribution in [0.5, 0.6) is 0 Å². The summed E-state index contributed by atoms with van der Waals surface area (Å²) in [6.07, 6.45) is 4.97. The standard InChI is InChI=1S/C12H22N2O/c1-10(15)14(9-11-3-4-11)12-5-7-13(2)8-6-12/h11-12H,3-9H2,1-2H3. The molecule has 0 radical (unpaired) electrons. The van der Waals surface area contributed by atoms with Gasteiger partial charge in [0.1, 0.15) is 0 Å². The first kappa shape index (κ1) is 10.9. The Kier molecular flexibility index (Phi) is 3.29. The highest BCUT2D eigenvalue weighted by Gasteiger charge is 2.30. The van der Waals surface area contributed by atoms with Crippen LogP contribution in [-0.4, -0.2) is 48.4 Å². The molecule has 15 heavy (non-hydrogen) atoms. The van der Waals surface area contributed by atoms with Crippen LogP contribution in [0.3, 0.4) is 0 Å². The van der Waals surface area contributed by atoms with E-state index in [4.69, 9.17) is 0 Å². The van der Waals surface area contributed by atoms with Gasteiger partial charge in [-0.2, -0.15) is 0 Å². The Morgan fingerprint density at radius 3 is 2.33 bits per heavy atom. The third kappa shape index (κ3) is 2.94. The zero-order valence-electron chi connectivity index (χ0n) is 9.91. The largest absolute Gasteiger partial charge is 0.340 e. The Morgan fingerprint density at radius 2 is 1.87 bits per heavy atom. The summed E-state index contributed by atoms with van der Waals surface area (Å²) < 4.78 is 0. The van der Waals surface area contributed by atoms with E-state index >= 15 is 0 Å². The minimum absolute atomic E-state index is 0.274. The monoisotopic (exact) mass is 210 g/mol. The Bertz CT molecular complexity index is 230. The highest BCUT2D eigenvalue weighted by molar-refractivity contribution is 5.73. The summed E-state index contributed by atoms with van der Waals surface area (Å²) in [5.41, 5.74) is 0. The smallest absolute Gasteiger partial charge is 0.219 e. The van der Waals surface area contributed by atoms with Crippen LogP contribution in [0.2, 0.25) is 0 Å². The molecule has 1 heterocycles. The predicted molar refractivity (Wildman–Crippen MR) is 60.6 cm³/mol. The number of nitrogens with zero attached hydrogens (tertiary/aromatic N) is 2. The minimum atomic E-state index is 0.274. The summed E-state index contributed by atoms with van der Waals surface area (Å²) in [6, 6.07) is 0.513. The van der Waals surface area contributed by atoms with Crippen molar-refractivity contribution in [2.24, 2.45) is 5.92 Å². The molecule has 1 saturated heterocycles. The van der Waals surface area contributed by atoms with Gasteiger partial charge >= 0.3 is 0 Å². The van der Waals surface area contributed by atoms with Crippen LogP contribution in [0.1, 0.15) is 32.6 Å². The molecule has 2 fully saturated rings. The average Bonchev–Trinajstić information content (AvgIpc) is 2.99. The van der Waals surface area contributed by atoms with Gasteiger partial charge in [0.05, 0.1) is 0 Å². The van der Waals surface area contributed by atoms with Crippen molar-refractivity contribution >= 4 is 5.91 Å². The van der Waals surface area contributed by atoms with Gasteiger partial charge in [-0.05, 0) is 51.7 Å². The van der Waals surface area contributed by atoms with Gasteiger partial charge in [0, 0.05) is 19.5 Å². The minimum Gasteiger partial charge on any atom is -0.340 e. The molecule has 3 heteroatoms. The van der Waals surface area contributed by atoms with E-state index < -0.39 is 0 Å². The van der Waals surface area contributed by atoms with Crippen molar-refractivity contribution in [1.82, 2.24) is 9.80 Å². The molecule has 1 aliphatic carbocycles. The van der Waals surface area contributed by atoms with E-state index in [1.54, 1.807) is 6.92 Å². The maximum absolute atomic E-state index is 11.6. The number of hydrogen-bond acceptors (Lipinski definition) is 2. The van der Waals surface area contributed by atoms with Gasteiger partial charge in [-0.1, -0.05) is 0 Å². The lowest BCUT2D eigenvalue weighted by atomic mass is 10.0. The molecule has 0 atom stereocenters. The number of carbonyl (C=O) groups excluding carboxylic acids is 1. The number of piperidine rings is 1. The molecule has 3 nitrogen and oxygen atoms in total. The van der Waals surface area contributed by atoms with Crippen molar-refractivity contribution < 1.29 is 4.79 Å². The van der Waals surface area contributed by atoms with Crippen molar-refractivity contribution in [3.05, 3.63) is 0 Å². The van der Waals surface area contributed by atoms with Crippen LogP contribution in [0.15, 0.2) is 0 Å². The predicted octanol–water partition coefficient (Wildman–Crippen LogP) is 1.34. The topological polar surface area (TPSA) is 23.6 Å². The lowest BCUT2D eigenvalue weighted by Crippen LogP contribution is -2.46. The first-order valence-electron chi connectivity index (χ1n) is 6.12. The van der Waals surface area contributed by atoms with E-state index in [-0.39, 0.29) is 5.91 Å². The molecule has 1 amide bonds. The maximum atomic E-state index is 11.6. The molecule has 2 aliphatic rings. The summed E-state index contributed by atoms with van der Waals surface area (Å²) in [4.78, 5) is 16.1. The second-order valence-corrected chi connectivity index (χ2v) is 5.15. The lowest BCUT2D eigenvalue weighted by molar-refractivity contribution is -0.132. The Labute approximate surface area is 92.4 Å². The average molecular weight is 210 g/mol. The van der Waals surface area contributed by atoms with Crippen molar-refractivity contribution in [3.8, 4) is 0 Å². The molecular weight excluding hydrogens is 188 g/mol. The molecular formula is C12H22N2O. The third-order valence-electron chi connectivity index (χ3n) is 3.69. The molecule has 86 valence electrons. The highest BCUT2D eigenvalue weighted by atomic mass is 16.2. The first-order chi connectivity index (χ1) is 7.16. The second kappa shape index (κ2) is 4.52. The third-order valence-corrected chi connectivity index (χ3v) is 3.69. The number of amides is 1. The number of hydrogen-bond donors (Lipinski definition) is 0. The quantitative estimate of drug-likeness (QED) is 0.702. The summed E-state index contributed by atoms with van der Waals surface area (Å²) in [5, 5.41) is 0. The van der Waals surface area contributed by atoms with Crippen molar-refractivity contribution in [1.29, 1.82) is 0 Å². The molecule has 0 aromatic heterocycles. The van der Waals surface area contributed by atoms with E-state index in [0.717, 1.165) is 38.4 Å². The molecule has 0 N–H and O–H groups in total. The zero-order chi connectivity index (χ0) is 10.8. The van der Waals surface area contributed by atoms with Crippen LogP contribution < -0.4 is 0 Å². The Hall–Kier alpha value is -0.570. The number of carbonyl (C=O) groups is 1. The summed E-state index contributed by atoms with van der Waals surface area (Å²) in [6.45, 7) is 5.02. The van der Waals surface area contributed by atoms with E-state index in [0.29, 0.717) is 6.04 Å². The SMILES string of the molecule is CC(=O)N(CC1CC1)C1CCN(C)CC1. The Morgan fingerprint density at radius 1 is 1.27 bits per heavy atom. The molecule has 1 saturated carbocycles. The molecule has 0 unspecified atom stereocenters. The van der Waals surface area contributed by atoms with E-state index in [1.807, 2.05) is 0 Å². The van der Waals surface area contributed by atoms with Crippen molar-refractivity contribution in [2.45, 2.75) is 38.6 Å². The highest BCUT2D eigenvalue weighted by Crippen LogP contribution is 2.31. The van der Waals surface area contributed by atoms with Gasteiger partial charge < -0.3 is 9.80 Å². The summed E-state index contributed by atoms with van der Waals surface area (Å²) >= 11 is 0. The molecule has 0 spiro atoms. The van der Waals surface area contributed by atoms with E-state index in [1.165, 1.54) is 12.8 Å². The van der Waals surface area contributed by atoms with Crippen molar-refractivity contribution in [2.75, 3.05) is 26.7 Å². The zero-order valence-corrected chi connectivity index (χ0v) is 9.91. The fourth-order valence-electron chi connectivity index (χ4n) is 2.42. The molecule has 0 aromatic rings. The summed E-state index contributed by atoms with van der Waals surface area (Å²) in [7, 11) is 2.16. The van der Waals surface area contributed by atoms with Crippen LogP contribution in [0.25, 0.3) is 0 Å². The van der Waals surface area contributed by atoms with Crippen LogP contribution in [0.4, 0.5) is 0 Å². The van der Waals surface area contributed by atoms with Crippen LogP contribution in [-0.2, 0) is 4.79 Å². The summed E-state index contributed by atoms with van der Waals surface area (Å²) in [5.74, 6) is 1.09. The maximum Gasteiger partial charge on any atom is 0.219 e. The fourth-order valence-corrected chi connectivity index (χ4v) is 2.42. The van der Waals surface area contributed by atoms with Gasteiger partial charge in [-0.3, -0.25) is 4.79 Å². The first-order valence-corrected chi connectivity index (χ1v) is 6.12. The molecule has 0 bridgehead atoms. The molecule has 0 aromatic carbocycles. The lowest BCUT2D eigenvalue weighted by Gasteiger charge is -2.37. The number of rotatable bonds is 3. The van der Waals surface area contributed by atoms with Gasteiger partial charge in [-0.15, -0.1) is 0 Å².